The molecule has 5 nitrogen and oxygen atoms in total. The number of alkyl halides is 3. The number of hydrogen-bond donors (Lipinski definition) is 1. The van der Waals surface area contributed by atoms with Crippen molar-refractivity contribution in [2.45, 2.75) is 44.3 Å². The molecule has 0 aliphatic heterocycles. The van der Waals surface area contributed by atoms with Gasteiger partial charge in [-0.25, -0.2) is 9.67 Å². The summed E-state index contributed by atoms with van der Waals surface area (Å²) < 4.78 is 40.9. The van der Waals surface area contributed by atoms with Crippen molar-refractivity contribution in [3.05, 3.63) is 59.4 Å². The number of nitrogens with two attached hydrogens (primary N) is 1. The van der Waals surface area contributed by atoms with Crippen LogP contribution in [-0.2, 0) is 12.7 Å². The molecule has 8 heteroatoms. The zero-order valence-corrected chi connectivity index (χ0v) is 15.7. The van der Waals surface area contributed by atoms with E-state index in [1.807, 2.05) is 16.8 Å². The summed E-state index contributed by atoms with van der Waals surface area (Å²) in [6, 6.07) is 7.18. The number of fused-ring (bicyclic) bond motifs is 1. The molecule has 0 spiro atoms. The molecule has 1 aliphatic carbocycles. The Hall–Kier alpha value is -2.90. The lowest BCUT2D eigenvalue weighted by Gasteiger charge is -2.30. The molecule has 1 saturated carbocycles. The first-order chi connectivity index (χ1) is 13.8. The average molecular weight is 402 g/mol. The van der Waals surface area contributed by atoms with Crippen molar-refractivity contribution < 1.29 is 18.0 Å². The van der Waals surface area contributed by atoms with E-state index < -0.39 is 17.6 Å². The molecule has 152 valence electrons. The van der Waals surface area contributed by atoms with Crippen molar-refractivity contribution in [2.75, 3.05) is 0 Å². The largest absolute Gasteiger partial charge is 0.416 e. The molecule has 0 atom stereocenters. The fraction of sp³-hybridized carbons (Fsp3) is 0.381. The van der Waals surface area contributed by atoms with Crippen molar-refractivity contribution >= 4 is 16.9 Å². The van der Waals surface area contributed by atoms with E-state index in [9.17, 15) is 18.0 Å². The lowest BCUT2D eigenvalue weighted by Crippen LogP contribution is -2.22. The highest BCUT2D eigenvalue weighted by molar-refractivity contribution is 5.94. The Morgan fingerprint density at radius 1 is 1.17 bits per heavy atom. The Morgan fingerprint density at radius 2 is 1.93 bits per heavy atom. The molecule has 1 aromatic carbocycles. The Balaban J connectivity index is 1.47. The molecular formula is C21H21F3N4O. The second-order valence-corrected chi connectivity index (χ2v) is 7.62. The van der Waals surface area contributed by atoms with Crippen LogP contribution in [0.3, 0.4) is 0 Å². The highest BCUT2D eigenvalue weighted by Crippen LogP contribution is 2.39. The third-order valence-electron chi connectivity index (χ3n) is 5.76. The van der Waals surface area contributed by atoms with Gasteiger partial charge < -0.3 is 5.73 Å². The number of primary amides is 1. The number of benzene rings is 1. The molecule has 1 amide bonds. The molecule has 2 heterocycles. The smallest absolute Gasteiger partial charge is 0.366 e. The number of halogens is 3. The van der Waals surface area contributed by atoms with Gasteiger partial charge in [0.1, 0.15) is 0 Å². The van der Waals surface area contributed by atoms with Gasteiger partial charge in [0.05, 0.1) is 11.8 Å². The van der Waals surface area contributed by atoms with Crippen LogP contribution < -0.4 is 5.73 Å². The summed E-state index contributed by atoms with van der Waals surface area (Å²) >= 11 is 0. The fourth-order valence-electron chi connectivity index (χ4n) is 4.25. The van der Waals surface area contributed by atoms with Gasteiger partial charge in [-0.05, 0) is 67.3 Å². The van der Waals surface area contributed by atoms with Gasteiger partial charge in [-0.15, -0.1) is 0 Å². The summed E-state index contributed by atoms with van der Waals surface area (Å²) in [5.74, 6) is -0.381. The van der Waals surface area contributed by atoms with E-state index in [1.54, 1.807) is 12.4 Å². The first-order valence-corrected chi connectivity index (χ1v) is 9.60. The highest BCUT2D eigenvalue weighted by atomic mass is 19.4. The van der Waals surface area contributed by atoms with Gasteiger partial charge >= 0.3 is 6.18 Å². The zero-order chi connectivity index (χ0) is 20.6. The third-order valence-corrected chi connectivity index (χ3v) is 5.76. The van der Waals surface area contributed by atoms with Gasteiger partial charge in [-0.1, -0.05) is 6.07 Å². The molecular weight excluding hydrogens is 381 g/mol. The van der Waals surface area contributed by atoms with Gasteiger partial charge in [-0.2, -0.15) is 18.3 Å². The number of hydrogen-bond acceptors (Lipinski definition) is 3. The second-order valence-electron chi connectivity index (χ2n) is 7.62. The van der Waals surface area contributed by atoms with Crippen LogP contribution >= 0.6 is 0 Å². The van der Waals surface area contributed by atoms with Crippen LogP contribution in [0.4, 0.5) is 13.2 Å². The summed E-state index contributed by atoms with van der Waals surface area (Å²) in [6.07, 6.45) is 2.44. The van der Waals surface area contributed by atoms with Gasteiger partial charge in [-0.3, -0.25) is 4.79 Å². The van der Waals surface area contributed by atoms with E-state index in [0.29, 0.717) is 11.5 Å². The second kappa shape index (κ2) is 7.50. The number of nitrogens with zero attached hydrogens (tertiary/aromatic N) is 3. The molecule has 2 N–H and O–H groups in total. The predicted octanol–water partition coefficient (Wildman–Crippen LogP) is 4.52. The Bertz CT molecular complexity index is 1040. The predicted molar refractivity (Wildman–Crippen MR) is 102 cm³/mol. The monoisotopic (exact) mass is 402 g/mol. The van der Waals surface area contributed by atoms with Crippen LogP contribution in [0, 0.1) is 5.92 Å². The summed E-state index contributed by atoms with van der Waals surface area (Å²) in [7, 11) is 0. The van der Waals surface area contributed by atoms with Gasteiger partial charge in [0.2, 0.25) is 5.91 Å². The van der Waals surface area contributed by atoms with Crippen molar-refractivity contribution in [1.82, 2.24) is 14.8 Å². The van der Waals surface area contributed by atoms with E-state index in [2.05, 4.69) is 10.1 Å². The molecule has 2 aromatic heterocycles. The minimum Gasteiger partial charge on any atom is -0.366 e. The van der Waals surface area contributed by atoms with E-state index >= 15 is 0 Å². The molecule has 29 heavy (non-hydrogen) atoms. The summed E-state index contributed by atoms with van der Waals surface area (Å²) in [4.78, 5) is 16.2. The summed E-state index contributed by atoms with van der Waals surface area (Å²) in [6.45, 7) is 0.753. The molecule has 4 rings (SSSR count). The van der Waals surface area contributed by atoms with Crippen LogP contribution in [0.1, 0.15) is 53.1 Å². The molecule has 0 bridgehead atoms. The van der Waals surface area contributed by atoms with Gasteiger partial charge in [0.15, 0.2) is 5.65 Å². The maximum atomic E-state index is 13.0. The minimum absolute atomic E-state index is 0.0226. The molecule has 3 aromatic rings. The number of rotatable bonds is 4. The van der Waals surface area contributed by atoms with Gasteiger partial charge in [0, 0.05) is 23.7 Å². The maximum absolute atomic E-state index is 13.0. The number of carbonyl (C=O) groups excluding carboxylic acids is 1. The Morgan fingerprint density at radius 3 is 2.62 bits per heavy atom. The number of carbonyl (C=O) groups is 1. The van der Waals surface area contributed by atoms with E-state index in [-0.39, 0.29) is 11.5 Å². The highest BCUT2D eigenvalue weighted by Gasteiger charge is 2.33. The zero-order valence-electron chi connectivity index (χ0n) is 15.7. The van der Waals surface area contributed by atoms with Crippen LogP contribution in [0.25, 0.3) is 11.0 Å². The lowest BCUT2D eigenvalue weighted by atomic mass is 9.77. The van der Waals surface area contributed by atoms with Crippen molar-refractivity contribution in [3.63, 3.8) is 0 Å². The van der Waals surface area contributed by atoms with Crippen LogP contribution in [-0.4, -0.2) is 20.7 Å². The summed E-state index contributed by atoms with van der Waals surface area (Å²) in [5, 5.41) is 5.42. The number of pyridine rings is 1. The number of aromatic nitrogens is 3. The maximum Gasteiger partial charge on any atom is 0.416 e. The van der Waals surface area contributed by atoms with Crippen LogP contribution in [0.5, 0.6) is 0 Å². The van der Waals surface area contributed by atoms with Gasteiger partial charge in [0.25, 0.3) is 0 Å². The van der Waals surface area contributed by atoms with Crippen LogP contribution in [0.15, 0.2) is 42.7 Å². The fourth-order valence-corrected chi connectivity index (χ4v) is 4.25. The normalized spacial score (nSPS) is 20.1. The van der Waals surface area contributed by atoms with Crippen molar-refractivity contribution in [1.29, 1.82) is 0 Å². The first kappa shape index (κ1) is 19.4. The van der Waals surface area contributed by atoms with E-state index in [1.165, 1.54) is 6.07 Å². The minimum atomic E-state index is -4.50. The Kier molecular flexibility index (Phi) is 5.02. The molecule has 0 saturated heterocycles. The average Bonchev–Trinajstić information content (AvgIpc) is 3.10. The summed E-state index contributed by atoms with van der Waals surface area (Å²) in [5.41, 5.74) is 5.99. The quantitative estimate of drug-likeness (QED) is 0.697. The SMILES string of the molecule is NC(=O)c1cc(C(F)(F)F)ccc1C1CCC(Cn2ncc3cccnc32)CC1. The van der Waals surface area contributed by atoms with Crippen LogP contribution in [0.2, 0.25) is 0 Å². The first-order valence-electron chi connectivity index (χ1n) is 9.60. The molecule has 0 radical (unpaired) electrons. The van der Waals surface area contributed by atoms with Crippen molar-refractivity contribution in [2.24, 2.45) is 11.7 Å². The van der Waals surface area contributed by atoms with E-state index in [4.69, 9.17) is 5.73 Å². The molecule has 0 unspecified atom stereocenters. The Labute approximate surface area is 165 Å². The van der Waals surface area contributed by atoms with Crippen molar-refractivity contribution in [3.8, 4) is 0 Å². The lowest BCUT2D eigenvalue weighted by molar-refractivity contribution is -0.137. The number of amides is 1. The molecule has 1 fully saturated rings. The topological polar surface area (TPSA) is 73.8 Å². The standard InChI is InChI=1S/C21H21F3N4O/c22-21(23,24)16-7-8-17(18(10-16)19(25)29)14-5-3-13(4-6-14)12-28-20-15(11-27-28)2-1-9-26-20/h1-2,7-11,13-14H,3-6,12H2,(H2,25,29). The third kappa shape index (κ3) is 3.97. The van der Waals surface area contributed by atoms with E-state index in [0.717, 1.165) is 55.4 Å². The molecule has 1 aliphatic rings.